The molecule has 1 aromatic rings. The molecule has 2 rings (SSSR count). The molecule has 9 heteroatoms. The van der Waals surface area contributed by atoms with Crippen LogP contribution in [0.15, 0.2) is 12.1 Å². The molecule has 0 radical (unpaired) electrons. The van der Waals surface area contributed by atoms with E-state index in [4.69, 9.17) is 5.11 Å². The highest BCUT2D eigenvalue weighted by Gasteiger charge is 2.33. The minimum absolute atomic E-state index is 0.195. The van der Waals surface area contributed by atoms with Crippen LogP contribution in [0.2, 0.25) is 0 Å². The molecule has 0 unspecified atom stereocenters. The number of nitrogens with one attached hydrogen (secondary N) is 2. The van der Waals surface area contributed by atoms with Crippen molar-refractivity contribution in [3.63, 3.8) is 0 Å². The fourth-order valence-corrected chi connectivity index (χ4v) is 2.57. The van der Waals surface area contributed by atoms with Gasteiger partial charge in [0.1, 0.15) is 0 Å². The van der Waals surface area contributed by atoms with Gasteiger partial charge in [0, 0.05) is 5.92 Å². The Balaban J connectivity index is 1.84. The Hall–Kier alpha value is -2.58. The molecule has 0 spiro atoms. The average molecular weight is 344 g/mol. The van der Waals surface area contributed by atoms with Crippen LogP contribution in [-0.4, -0.2) is 29.4 Å². The van der Waals surface area contributed by atoms with E-state index in [1.165, 1.54) is 0 Å². The predicted octanol–water partition coefficient (Wildman–Crippen LogP) is 1.66. The topological polar surface area (TPSA) is 95.5 Å². The highest BCUT2D eigenvalue weighted by Crippen LogP contribution is 2.31. The van der Waals surface area contributed by atoms with Crippen molar-refractivity contribution in [2.45, 2.75) is 19.3 Å². The smallest absolute Gasteiger partial charge is 0.306 e. The Bertz CT molecular complexity index is 681. The summed E-state index contributed by atoms with van der Waals surface area (Å²) in [7, 11) is 0. The second-order valence-corrected chi connectivity index (χ2v) is 5.53. The second kappa shape index (κ2) is 7.33. The summed E-state index contributed by atoms with van der Waals surface area (Å²) in [6.45, 7) is -0.495. The molecule has 0 heterocycles. The molecule has 1 aliphatic carbocycles. The normalized spacial score (nSPS) is 19.8. The highest BCUT2D eigenvalue weighted by atomic mass is 19.2. The van der Waals surface area contributed by atoms with Gasteiger partial charge in [-0.25, -0.2) is 13.2 Å². The van der Waals surface area contributed by atoms with Crippen LogP contribution in [0.25, 0.3) is 0 Å². The first kappa shape index (κ1) is 17.8. The summed E-state index contributed by atoms with van der Waals surface area (Å²) in [4.78, 5) is 34.4. The number of amides is 2. The molecule has 1 fully saturated rings. The van der Waals surface area contributed by atoms with E-state index < -0.39 is 59.3 Å². The average Bonchev–Trinajstić information content (AvgIpc) is 3.03. The highest BCUT2D eigenvalue weighted by molar-refractivity contribution is 5.95. The van der Waals surface area contributed by atoms with Crippen molar-refractivity contribution in [2.24, 2.45) is 11.8 Å². The number of anilines is 1. The monoisotopic (exact) mass is 344 g/mol. The molecule has 1 aliphatic rings. The molecule has 0 bridgehead atoms. The van der Waals surface area contributed by atoms with Crippen molar-refractivity contribution in [3.8, 4) is 0 Å². The van der Waals surface area contributed by atoms with Crippen LogP contribution in [0, 0.1) is 29.3 Å². The maximum atomic E-state index is 13.4. The number of carboxylic acid groups (broad SMARTS) is 1. The minimum Gasteiger partial charge on any atom is -0.481 e. The summed E-state index contributed by atoms with van der Waals surface area (Å²) >= 11 is 0. The van der Waals surface area contributed by atoms with Crippen LogP contribution >= 0.6 is 0 Å². The summed E-state index contributed by atoms with van der Waals surface area (Å²) in [6, 6.07) is 1.53. The number of rotatable bonds is 5. The largest absolute Gasteiger partial charge is 0.481 e. The summed E-state index contributed by atoms with van der Waals surface area (Å²) in [5, 5.41) is 13.2. The third-order valence-corrected chi connectivity index (χ3v) is 3.89. The molecule has 2 amide bonds. The number of aliphatic carboxylic acids is 1. The van der Waals surface area contributed by atoms with Gasteiger partial charge in [-0.1, -0.05) is 0 Å². The van der Waals surface area contributed by atoms with E-state index >= 15 is 0 Å². The maximum absolute atomic E-state index is 13.4. The van der Waals surface area contributed by atoms with E-state index in [1.807, 2.05) is 5.32 Å². The SMILES string of the molecule is O=C(CNC(=O)[C@H]1CC[C@@H](C(=O)O)C1)Nc1ccc(F)c(F)c1F. The fraction of sp³-hybridized carbons (Fsp3) is 0.400. The summed E-state index contributed by atoms with van der Waals surface area (Å²) in [5.41, 5.74) is -0.542. The van der Waals surface area contributed by atoms with Crippen molar-refractivity contribution in [2.75, 3.05) is 11.9 Å². The van der Waals surface area contributed by atoms with Crippen LogP contribution in [0.5, 0.6) is 0 Å². The van der Waals surface area contributed by atoms with Crippen LogP contribution < -0.4 is 10.6 Å². The van der Waals surface area contributed by atoms with Crippen molar-refractivity contribution in [3.05, 3.63) is 29.6 Å². The van der Waals surface area contributed by atoms with Crippen LogP contribution in [-0.2, 0) is 14.4 Å². The molecule has 1 aromatic carbocycles. The number of carboxylic acids is 1. The molecular weight excluding hydrogens is 329 g/mol. The van der Waals surface area contributed by atoms with E-state index in [2.05, 4.69) is 5.32 Å². The summed E-state index contributed by atoms with van der Waals surface area (Å²) < 4.78 is 39.2. The van der Waals surface area contributed by atoms with Crippen molar-refractivity contribution in [1.29, 1.82) is 0 Å². The Morgan fingerprint density at radius 2 is 1.75 bits per heavy atom. The first-order valence-electron chi connectivity index (χ1n) is 7.23. The Morgan fingerprint density at radius 1 is 1.08 bits per heavy atom. The van der Waals surface area contributed by atoms with Crippen molar-refractivity contribution in [1.82, 2.24) is 5.32 Å². The molecule has 2 atom stereocenters. The minimum atomic E-state index is -1.71. The third kappa shape index (κ3) is 4.03. The van der Waals surface area contributed by atoms with E-state index in [0.717, 1.165) is 6.07 Å². The Labute approximate surface area is 135 Å². The molecule has 130 valence electrons. The first-order chi connectivity index (χ1) is 11.3. The maximum Gasteiger partial charge on any atom is 0.306 e. The third-order valence-electron chi connectivity index (χ3n) is 3.89. The van der Waals surface area contributed by atoms with Crippen molar-refractivity contribution >= 4 is 23.5 Å². The van der Waals surface area contributed by atoms with Gasteiger partial charge in [-0.15, -0.1) is 0 Å². The molecule has 0 aliphatic heterocycles. The molecule has 0 aromatic heterocycles. The van der Waals surface area contributed by atoms with Crippen LogP contribution in [0.3, 0.4) is 0 Å². The van der Waals surface area contributed by atoms with Gasteiger partial charge >= 0.3 is 5.97 Å². The van der Waals surface area contributed by atoms with E-state index in [0.29, 0.717) is 18.9 Å². The van der Waals surface area contributed by atoms with Gasteiger partial charge in [-0.05, 0) is 31.4 Å². The van der Waals surface area contributed by atoms with Gasteiger partial charge in [0.05, 0.1) is 18.2 Å². The zero-order chi connectivity index (χ0) is 17.9. The van der Waals surface area contributed by atoms with E-state index in [1.54, 1.807) is 0 Å². The Kier molecular flexibility index (Phi) is 5.42. The van der Waals surface area contributed by atoms with Gasteiger partial charge in [0.15, 0.2) is 17.5 Å². The van der Waals surface area contributed by atoms with Crippen LogP contribution in [0.4, 0.5) is 18.9 Å². The summed E-state index contributed by atoms with van der Waals surface area (Å²) in [5.74, 6) is -7.95. The van der Waals surface area contributed by atoms with Crippen molar-refractivity contribution < 1.29 is 32.7 Å². The molecule has 0 saturated heterocycles. The fourth-order valence-electron chi connectivity index (χ4n) is 2.57. The lowest BCUT2D eigenvalue weighted by molar-refractivity contribution is -0.141. The van der Waals surface area contributed by atoms with Gasteiger partial charge in [-0.2, -0.15) is 0 Å². The lowest BCUT2D eigenvalue weighted by Gasteiger charge is -2.11. The summed E-state index contributed by atoms with van der Waals surface area (Å²) in [6.07, 6.45) is 0.989. The van der Waals surface area contributed by atoms with Gasteiger partial charge < -0.3 is 15.7 Å². The predicted molar refractivity (Wildman–Crippen MR) is 76.4 cm³/mol. The first-order valence-corrected chi connectivity index (χ1v) is 7.23. The lowest BCUT2D eigenvalue weighted by atomic mass is 10.0. The zero-order valence-electron chi connectivity index (χ0n) is 12.4. The molecule has 24 heavy (non-hydrogen) atoms. The lowest BCUT2D eigenvalue weighted by Crippen LogP contribution is -2.36. The molecule has 3 N–H and O–H groups in total. The van der Waals surface area contributed by atoms with Gasteiger partial charge in [0.2, 0.25) is 11.8 Å². The Morgan fingerprint density at radius 3 is 2.38 bits per heavy atom. The number of benzene rings is 1. The number of carbonyl (C=O) groups excluding carboxylic acids is 2. The molecule has 6 nitrogen and oxygen atoms in total. The van der Waals surface area contributed by atoms with Gasteiger partial charge in [-0.3, -0.25) is 14.4 Å². The number of halogens is 3. The van der Waals surface area contributed by atoms with Crippen LogP contribution in [0.1, 0.15) is 19.3 Å². The molecular formula is C15H15F3N2O4. The zero-order valence-corrected chi connectivity index (χ0v) is 12.4. The second-order valence-electron chi connectivity index (χ2n) is 5.53. The number of carbonyl (C=O) groups is 3. The van der Waals surface area contributed by atoms with Gasteiger partial charge in [0.25, 0.3) is 0 Å². The standard InChI is InChI=1S/C15H15F3N2O4/c16-9-3-4-10(13(18)12(9)17)20-11(21)6-19-14(22)7-1-2-8(5-7)15(23)24/h3-4,7-8H,1-2,5-6H2,(H,19,22)(H,20,21)(H,23,24)/t7-,8+/m0/s1. The number of hydrogen-bond donors (Lipinski definition) is 3. The number of hydrogen-bond acceptors (Lipinski definition) is 3. The van der Waals surface area contributed by atoms with E-state index in [9.17, 15) is 27.6 Å². The quantitative estimate of drug-likeness (QED) is 0.708. The van der Waals surface area contributed by atoms with E-state index in [-0.39, 0.29) is 6.42 Å². The molecule has 1 saturated carbocycles.